The second-order valence-corrected chi connectivity index (χ2v) is 9.23. The normalized spacial score (nSPS) is 17.5. The van der Waals surface area contributed by atoms with Crippen molar-refractivity contribution < 1.29 is 32.3 Å². The third-order valence-corrected chi connectivity index (χ3v) is 6.50. The first-order valence-corrected chi connectivity index (χ1v) is 12.3. The van der Waals surface area contributed by atoms with Crippen LogP contribution in [-0.4, -0.2) is 58.1 Å². The van der Waals surface area contributed by atoms with Crippen molar-refractivity contribution in [1.29, 1.82) is 0 Å². The second kappa shape index (κ2) is 12.1. The van der Waals surface area contributed by atoms with Gasteiger partial charge < -0.3 is 10.2 Å². The van der Waals surface area contributed by atoms with Gasteiger partial charge in [0.2, 0.25) is 11.8 Å². The van der Waals surface area contributed by atoms with Crippen molar-refractivity contribution >= 4 is 29.2 Å². The van der Waals surface area contributed by atoms with Crippen molar-refractivity contribution in [3.8, 4) is 0 Å². The Hall–Kier alpha value is -3.95. The molecule has 202 valence electrons. The number of halogens is 3. The molecule has 38 heavy (non-hydrogen) atoms. The third kappa shape index (κ3) is 6.67. The molecule has 7 nitrogen and oxygen atoms in total. The number of benzene rings is 2. The van der Waals surface area contributed by atoms with Gasteiger partial charge in [-0.15, -0.1) is 0 Å². The molecule has 3 amide bonds. The van der Waals surface area contributed by atoms with E-state index in [1.54, 1.807) is 67.6 Å². The quantitative estimate of drug-likeness (QED) is 0.533. The predicted molar refractivity (Wildman–Crippen MR) is 135 cm³/mol. The van der Waals surface area contributed by atoms with Gasteiger partial charge in [-0.3, -0.25) is 24.1 Å². The fourth-order valence-electron chi connectivity index (χ4n) is 4.35. The summed E-state index contributed by atoms with van der Waals surface area (Å²) in [5, 5.41) is 2.19. The number of nitrogens with one attached hydrogen (secondary N) is 1. The Balaban J connectivity index is 1.95. The smallest absolute Gasteiger partial charge is 0.344 e. The lowest BCUT2D eigenvalue weighted by molar-refractivity contribution is -0.173. The van der Waals surface area contributed by atoms with Crippen LogP contribution in [0.2, 0.25) is 0 Å². The Labute approximate surface area is 219 Å². The zero-order valence-corrected chi connectivity index (χ0v) is 21.4. The minimum absolute atomic E-state index is 0.252. The van der Waals surface area contributed by atoms with E-state index in [0.717, 1.165) is 0 Å². The molecule has 3 rings (SSSR count). The van der Waals surface area contributed by atoms with E-state index in [2.05, 4.69) is 5.32 Å². The highest BCUT2D eigenvalue weighted by Crippen LogP contribution is 2.31. The topological polar surface area (TPSA) is 86.8 Å². The predicted octanol–water partition coefficient (Wildman–Crippen LogP) is 3.95. The lowest BCUT2D eigenvalue weighted by Crippen LogP contribution is -2.57. The van der Waals surface area contributed by atoms with Crippen molar-refractivity contribution in [3.63, 3.8) is 0 Å². The van der Waals surface area contributed by atoms with Gasteiger partial charge in [-0.1, -0.05) is 80.9 Å². The molecule has 3 atom stereocenters. The molecule has 0 spiro atoms. The zero-order valence-electron chi connectivity index (χ0n) is 21.4. The molecular weight excluding hydrogens is 499 g/mol. The third-order valence-electron chi connectivity index (χ3n) is 6.50. The van der Waals surface area contributed by atoms with E-state index in [-0.39, 0.29) is 23.9 Å². The summed E-state index contributed by atoms with van der Waals surface area (Å²) in [7, 11) is 0. The zero-order chi connectivity index (χ0) is 28.0. The van der Waals surface area contributed by atoms with Gasteiger partial charge in [-0.05, 0) is 17.0 Å². The molecule has 1 N–H and O–H groups in total. The van der Waals surface area contributed by atoms with E-state index in [1.807, 2.05) is 6.92 Å². The van der Waals surface area contributed by atoms with E-state index >= 15 is 0 Å². The Morgan fingerprint density at radius 3 is 2.11 bits per heavy atom. The molecule has 1 aliphatic rings. The van der Waals surface area contributed by atoms with E-state index in [9.17, 15) is 32.3 Å². The fraction of sp³-hybridized carbons (Fsp3) is 0.357. The molecule has 0 aliphatic carbocycles. The Morgan fingerprint density at radius 1 is 1.00 bits per heavy atom. The maximum Gasteiger partial charge on any atom is 0.452 e. The summed E-state index contributed by atoms with van der Waals surface area (Å²) in [6, 6.07) is 13.8. The monoisotopic (exact) mass is 529 g/mol. The molecule has 1 heterocycles. The van der Waals surface area contributed by atoms with Gasteiger partial charge in [0, 0.05) is 19.5 Å². The van der Waals surface area contributed by atoms with Gasteiger partial charge in [0.15, 0.2) is 0 Å². The number of ketones is 1. The average Bonchev–Trinajstić information content (AvgIpc) is 2.88. The highest BCUT2D eigenvalue weighted by molar-refractivity contribution is 6.00. The summed E-state index contributed by atoms with van der Waals surface area (Å²) in [4.78, 5) is 53.9. The minimum Gasteiger partial charge on any atom is -0.344 e. The van der Waals surface area contributed by atoms with Gasteiger partial charge in [0.05, 0.1) is 5.70 Å². The molecular formula is C28H30F3N3O4. The number of Topliss-reactive ketones (excluding diaryl/α,β-unsaturated/α-hetero) is 1. The van der Waals surface area contributed by atoms with Crippen LogP contribution in [0.3, 0.4) is 0 Å². The highest BCUT2D eigenvalue weighted by atomic mass is 19.4. The first-order valence-electron chi connectivity index (χ1n) is 12.3. The number of carbonyl (C=O) groups is 4. The van der Waals surface area contributed by atoms with Crippen LogP contribution < -0.4 is 5.32 Å². The Kier molecular flexibility index (Phi) is 9.08. The maximum atomic E-state index is 13.7. The molecule has 0 bridgehead atoms. The molecule has 0 saturated heterocycles. The van der Waals surface area contributed by atoms with Crippen LogP contribution in [0.25, 0.3) is 5.70 Å². The molecule has 3 unspecified atom stereocenters. The van der Waals surface area contributed by atoms with Gasteiger partial charge in [0.25, 0.3) is 11.7 Å². The van der Waals surface area contributed by atoms with Crippen LogP contribution in [0.5, 0.6) is 0 Å². The molecule has 0 aromatic heterocycles. The number of hydrogen-bond donors (Lipinski definition) is 1. The summed E-state index contributed by atoms with van der Waals surface area (Å²) >= 11 is 0. The summed E-state index contributed by atoms with van der Waals surface area (Å²) in [6.45, 7) is 4.37. The SMILES string of the molecule is CCC(C)C1C(=O)N(CC(=O)NC(Cc2ccccc2)C(=O)C(F)(F)F)C(c2ccccc2)=CN1C(C)=O. The summed E-state index contributed by atoms with van der Waals surface area (Å²) < 4.78 is 40.0. The lowest BCUT2D eigenvalue weighted by atomic mass is 9.93. The first-order chi connectivity index (χ1) is 17.9. The van der Waals surface area contributed by atoms with Crippen molar-refractivity contribution in [3.05, 3.63) is 78.0 Å². The number of carbonyl (C=O) groups excluding carboxylic acids is 4. The molecule has 0 fully saturated rings. The molecule has 2 aromatic rings. The molecule has 1 aliphatic heterocycles. The Morgan fingerprint density at radius 2 is 1.58 bits per heavy atom. The Bertz CT molecular complexity index is 1200. The minimum atomic E-state index is -5.16. The molecule has 0 radical (unpaired) electrons. The van der Waals surface area contributed by atoms with Gasteiger partial charge >= 0.3 is 6.18 Å². The molecule has 0 saturated carbocycles. The van der Waals surface area contributed by atoms with Crippen molar-refractivity contribution in [2.75, 3.05) is 6.54 Å². The maximum absolute atomic E-state index is 13.7. The van der Waals surface area contributed by atoms with Gasteiger partial charge in [0.1, 0.15) is 18.6 Å². The van der Waals surface area contributed by atoms with Gasteiger partial charge in [-0.25, -0.2) is 0 Å². The van der Waals surface area contributed by atoms with Crippen LogP contribution in [0.1, 0.15) is 38.3 Å². The standard InChI is InChI=1S/C28H30F3N3O4/c1-4-18(2)25-27(38)34(23(16-33(25)19(3)35)21-13-9-6-10-14-21)17-24(36)32-22(26(37)28(29,30)31)15-20-11-7-5-8-12-20/h5-14,16,18,22,25H,4,15,17H2,1-3H3,(H,32,36). The lowest BCUT2D eigenvalue weighted by Gasteiger charge is -2.41. The van der Waals surface area contributed by atoms with Crippen molar-refractivity contribution in [2.45, 2.75) is 51.9 Å². The summed E-state index contributed by atoms with van der Waals surface area (Å²) in [6.07, 6.45) is -3.47. The van der Waals surface area contributed by atoms with E-state index < -0.39 is 42.4 Å². The van der Waals surface area contributed by atoms with Crippen LogP contribution >= 0.6 is 0 Å². The number of hydrogen-bond acceptors (Lipinski definition) is 4. The first kappa shape index (κ1) is 28.6. The van der Waals surface area contributed by atoms with E-state index in [0.29, 0.717) is 17.5 Å². The number of rotatable bonds is 9. The van der Waals surface area contributed by atoms with Crippen LogP contribution in [0.4, 0.5) is 13.2 Å². The average molecular weight is 530 g/mol. The summed E-state index contributed by atoms with van der Waals surface area (Å²) in [5.74, 6) is -4.17. The van der Waals surface area contributed by atoms with E-state index in [4.69, 9.17) is 0 Å². The van der Waals surface area contributed by atoms with E-state index in [1.165, 1.54) is 22.9 Å². The number of nitrogens with zero attached hydrogens (tertiary/aromatic N) is 2. The van der Waals surface area contributed by atoms with Crippen molar-refractivity contribution in [1.82, 2.24) is 15.1 Å². The molecule has 10 heteroatoms. The van der Waals surface area contributed by atoms with Crippen LogP contribution in [-0.2, 0) is 25.6 Å². The summed E-state index contributed by atoms with van der Waals surface area (Å²) in [5.41, 5.74) is 1.22. The van der Waals surface area contributed by atoms with Crippen LogP contribution in [0, 0.1) is 5.92 Å². The largest absolute Gasteiger partial charge is 0.452 e. The number of amides is 3. The number of alkyl halides is 3. The highest BCUT2D eigenvalue weighted by Gasteiger charge is 2.45. The fourth-order valence-corrected chi connectivity index (χ4v) is 4.35. The second-order valence-electron chi connectivity index (χ2n) is 9.23. The van der Waals surface area contributed by atoms with Crippen molar-refractivity contribution in [2.24, 2.45) is 5.92 Å². The molecule has 2 aromatic carbocycles. The van der Waals surface area contributed by atoms with Crippen LogP contribution in [0.15, 0.2) is 66.9 Å². The van der Waals surface area contributed by atoms with Gasteiger partial charge in [-0.2, -0.15) is 13.2 Å².